The van der Waals surface area contributed by atoms with E-state index in [0.717, 1.165) is 31.3 Å². The van der Waals surface area contributed by atoms with Crippen molar-refractivity contribution in [3.05, 3.63) is 46.4 Å². The monoisotopic (exact) mass is 333 g/mol. The number of amides is 1. The maximum Gasteiger partial charge on any atom is 0.270 e. The minimum atomic E-state index is -0.198. The van der Waals surface area contributed by atoms with Gasteiger partial charge in [0, 0.05) is 30.6 Å². The molecule has 2 bridgehead atoms. The molecule has 0 saturated carbocycles. The standard InChI is InChI=1S/C17H19N3O2.ClH/c21-16-14-4-2-1-3-11(14)9-15(19-16)17(22)20-8-7-12-5-6-13(10-20)18-12;/h1-4,9,12-13,18H,5-8,10H2,(H,19,21);1H. The van der Waals surface area contributed by atoms with Crippen LogP contribution in [0.2, 0.25) is 0 Å². The number of likely N-dealkylation sites (tertiary alicyclic amines) is 1. The van der Waals surface area contributed by atoms with Crippen molar-refractivity contribution in [2.45, 2.75) is 31.3 Å². The molecule has 2 unspecified atom stereocenters. The molecule has 0 radical (unpaired) electrons. The number of hydrogen-bond donors (Lipinski definition) is 2. The van der Waals surface area contributed by atoms with Gasteiger partial charge in [-0.2, -0.15) is 0 Å². The second kappa shape index (κ2) is 6.34. The van der Waals surface area contributed by atoms with Crippen LogP contribution in [-0.4, -0.2) is 41.0 Å². The number of halogens is 1. The average molecular weight is 334 g/mol. The summed E-state index contributed by atoms with van der Waals surface area (Å²) in [5, 5.41) is 4.99. The van der Waals surface area contributed by atoms with Crippen LogP contribution in [0, 0.1) is 0 Å². The number of nitrogens with zero attached hydrogens (tertiary/aromatic N) is 1. The van der Waals surface area contributed by atoms with Crippen LogP contribution in [0.4, 0.5) is 0 Å². The lowest BCUT2D eigenvalue weighted by Crippen LogP contribution is -2.39. The predicted molar refractivity (Wildman–Crippen MR) is 92.3 cm³/mol. The molecule has 0 aliphatic carbocycles. The number of H-pyrrole nitrogens is 1. The molecule has 1 aromatic heterocycles. The predicted octanol–water partition coefficient (Wildman–Crippen LogP) is 1.92. The largest absolute Gasteiger partial charge is 0.336 e. The van der Waals surface area contributed by atoms with Crippen LogP contribution in [0.25, 0.3) is 10.8 Å². The van der Waals surface area contributed by atoms with Gasteiger partial charge in [-0.05, 0) is 36.8 Å². The number of pyridine rings is 1. The number of carbonyl (C=O) groups is 1. The van der Waals surface area contributed by atoms with Crippen molar-refractivity contribution >= 4 is 29.1 Å². The van der Waals surface area contributed by atoms with E-state index in [2.05, 4.69) is 10.3 Å². The van der Waals surface area contributed by atoms with Gasteiger partial charge in [-0.15, -0.1) is 12.4 Å². The van der Waals surface area contributed by atoms with E-state index in [1.54, 1.807) is 12.1 Å². The molecule has 2 aromatic rings. The molecule has 1 amide bonds. The fraction of sp³-hybridized carbons (Fsp3) is 0.412. The van der Waals surface area contributed by atoms with Crippen LogP contribution in [0.3, 0.4) is 0 Å². The van der Waals surface area contributed by atoms with Gasteiger partial charge in [-0.25, -0.2) is 0 Å². The van der Waals surface area contributed by atoms with E-state index in [4.69, 9.17) is 0 Å². The third-order valence-corrected chi connectivity index (χ3v) is 4.79. The summed E-state index contributed by atoms with van der Waals surface area (Å²) in [6, 6.07) is 10.1. The number of hydrogen-bond acceptors (Lipinski definition) is 3. The Morgan fingerprint density at radius 3 is 2.78 bits per heavy atom. The highest BCUT2D eigenvalue weighted by atomic mass is 35.5. The molecule has 4 rings (SSSR count). The summed E-state index contributed by atoms with van der Waals surface area (Å²) >= 11 is 0. The molecular weight excluding hydrogens is 314 g/mol. The van der Waals surface area contributed by atoms with Crippen molar-refractivity contribution in [2.24, 2.45) is 0 Å². The molecule has 2 fully saturated rings. The van der Waals surface area contributed by atoms with Gasteiger partial charge in [0.15, 0.2) is 0 Å². The number of aromatic nitrogens is 1. The Morgan fingerprint density at radius 2 is 1.91 bits per heavy atom. The average Bonchev–Trinajstić information content (AvgIpc) is 2.86. The van der Waals surface area contributed by atoms with E-state index < -0.39 is 0 Å². The maximum atomic E-state index is 12.8. The third kappa shape index (κ3) is 2.99. The second-order valence-electron chi connectivity index (χ2n) is 6.28. The van der Waals surface area contributed by atoms with Gasteiger partial charge in [0.25, 0.3) is 11.5 Å². The number of rotatable bonds is 1. The zero-order valence-electron chi connectivity index (χ0n) is 12.7. The fourth-order valence-electron chi connectivity index (χ4n) is 3.62. The summed E-state index contributed by atoms with van der Waals surface area (Å²) in [7, 11) is 0. The first kappa shape index (κ1) is 16.0. The van der Waals surface area contributed by atoms with E-state index in [1.807, 2.05) is 23.1 Å². The lowest BCUT2D eigenvalue weighted by Gasteiger charge is -2.24. The Balaban J connectivity index is 0.00000156. The highest BCUT2D eigenvalue weighted by Crippen LogP contribution is 2.21. The maximum absolute atomic E-state index is 12.8. The van der Waals surface area contributed by atoms with E-state index in [9.17, 15) is 9.59 Å². The van der Waals surface area contributed by atoms with E-state index in [1.165, 1.54) is 6.42 Å². The minimum Gasteiger partial charge on any atom is -0.336 e. The molecule has 1 aromatic carbocycles. The molecule has 2 N–H and O–H groups in total. The Bertz CT molecular complexity index is 789. The van der Waals surface area contributed by atoms with E-state index >= 15 is 0 Å². The number of aromatic amines is 1. The van der Waals surface area contributed by atoms with Gasteiger partial charge in [-0.3, -0.25) is 9.59 Å². The Hall–Kier alpha value is -1.85. The molecule has 2 saturated heterocycles. The first-order valence-electron chi connectivity index (χ1n) is 7.88. The summed E-state index contributed by atoms with van der Waals surface area (Å²) in [5.41, 5.74) is 0.192. The van der Waals surface area contributed by atoms with Crippen molar-refractivity contribution in [2.75, 3.05) is 13.1 Å². The number of fused-ring (bicyclic) bond motifs is 3. The highest BCUT2D eigenvalue weighted by molar-refractivity contribution is 5.96. The number of carbonyl (C=O) groups excluding carboxylic acids is 1. The van der Waals surface area contributed by atoms with Crippen molar-refractivity contribution in [1.82, 2.24) is 15.2 Å². The summed E-state index contributed by atoms with van der Waals surface area (Å²) in [6.07, 6.45) is 3.32. The number of nitrogens with one attached hydrogen (secondary N) is 2. The Labute approximate surface area is 140 Å². The number of benzene rings is 1. The topological polar surface area (TPSA) is 65.2 Å². The van der Waals surface area contributed by atoms with Crippen LogP contribution in [0.1, 0.15) is 29.8 Å². The lowest BCUT2D eigenvalue weighted by molar-refractivity contribution is 0.0742. The molecule has 0 spiro atoms. The van der Waals surface area contributed by atoms with Crippen molar-refractivity contribution < 1.29 is 4.79 Å². The van der Waals surface area contributed by atoms with Gasteiger partial charge in [0.05, 0.1) is 0 Å². The van der Waals surface area contributed by atoms with Gasteiger partial charge in [0.2, 0.25) is 0 Å². The summed E-state index contributed by atoms with van der Waals surface area (Å²) in [5.74, 6) is -0.0720. The lowest BCUT2D eigenvalue weighted by atomic mass is 10.1. The second-order valence-corrected chi connectivity index (χ2v) is 6.28. The first-order valence-corrected chi connectivity index (χ1v) is 7.88. The van der Waals surface area contributed by atoms with Gasteiger partial charge in [-0.1, -0.05) is 18.2 Å². The van der Waals surface area contributed by atoms with Crippen LogP contribution in [0.15, 0.2) is 35.1 Å². The molecular formula is C17H20ClN3O2. The molecule has 23 heavy (non-hydrogen) atoms. The summed E-state index contributed by atoms with van der Waals surface area (Å²) in [6.45, 7) is 1.48. The van der Waals surface area contributed by atoms with E-state index in [0.29, 0.717) is 23.2 Å². The first-order chi connectivity index (χ1) is 10.7. The van der Waals surface area contributed by atoms with Gasteiger partial charge < -0.3 is 15.2 Å². The molecule has 2 aliphatic heterocycles. The Kier molecular flexibility index (Phi) is 4.41. The SMILES string of the molecule is Cl.O=C(c1cc2ccccc2c(=O)[nH]1)N1CCC2CCC(C1)N2. The van der Waals surface area contributed by atoms with Crippen LogP contribution >= 0.6 is 12.4 Å². The Morgan fingerprint density at radius 1 is 1.13 bits per heavy atom. The zero-order chi connectivity index (χ0) is 15.1. The van der Waals surface area contributed by atoms with Crippen LogP contribution in [-0.2, 0) is 0 Å². The highest BCUT2D eigenvalue weighted by Gasteiger charge is 2.31. The van der Waals surface area contributed by atoms with Crippen LogP contribution in [0.5, 0.6) is 0 Å². The quantitative estimate of drug-likeness (QED) is 0.838. The molecule has 5 nitrogen and oxygen atoms in total. The molecule has 6 heteroatoms. The molecule has 3 heterocycles. The van der Waals surface area contributed by atoms with Crippen LogP contribution < -0.4 is 10.9 Å². The summed E-state index contributed by atoms with van der Waals surface area (Å²) < 4.78 is 0. The zero-order valence-corrected chi connectivity index (χ0v) is 13.6. The van der Waals surface area contributed by atoms with Crippen molar-refractivity contribution in [1.29, 1.82) is 0 Å². The molecule has 2 atom stereocenters. The normalized spacial score (nSPS) is 23.4. The van der Waals surface area contributed by atoms with E-state index in [-0.39, 0.29) is 23.9 Å². The molecule has 122 valence electrons. The fourth-order valence-corrected chi connectivity index (χ4v) is 3.62. The van der Waals surface area contributed by atoms with Gasteiger partial charge >= 0.3 is 0 Å². The van der Waals surface area contributed by atoms with Crippen molar-refractivity contribution in [3.63, 3.8) is 0 Å². The van der Waals surface area contributed by atoms with Gasteiger partial charge in [0.1, 0.15) is 5.69 Å². The van der Waals surface area contributed by atoms with Crippen molar-refractivity contribution in [3.8, 4) is 0 Å². The third-order valence-electron chi connectivity index (χ3n) is 4.79. The minimum absolute atomic E-state index is 0. The summed E-state index contributed by atoms with van der Waals surface area (Å²) in [4.78, 5) is 29.5. The smallest absolute Gasteiger partial charge is 0.270 e. The molecule has 2 aliphatic rings.